The van der Waals surface area contributed by atoms with Gasteiger partial charge in [0, 0.05) is 23.3 Å². The Morgan fingerprint density at radius 2 is 1.63 bits per heavy atom. The summed E-state index contributed by atoms with van der Waals surface area (Å²) in [7, 11) is 0. The molecule has 27 heavy (non-hydrogen) atoms. The van der Waals surface area contributed by atoms with E-state index in [1.807, 2.05) is 0 Å². The second-order valence-corrected chi connectivity index (χ2v) is 6.61. The van der Waals surface area contributed by atoms with Gasteiger partial charge in [0.2, 0.25) is 5.91 Å². The monoisotopic (exact) mass is 384 g/mol. The Labute approximate surface area is 161 Å². The van der Waals surface area contributed by atoms with Crippen molar-refractivity contribution in [2.24, 2.45) is 0 Å². The van der Waals surface area contributed by atoms with Crippen molar-refractivity contribution in [2.75, 3.05) is 10.2 Å². The van der Waals surface area contributed by atoms with Crippen molar-refractivity contribution >= 4 is 40.6 Å². The van der Waals surface area contributed by atoms with Gasteiger partial charge in [0.15, 0.2) is 11.5 Å². The van der Waals surface area contributed by atoms with Gasteiger partial charge in [0.05, 0.1) is 11.6 Å². The summed E-state index contributed by atoms with van der Waals surface area (Å²) in [5.74, 6) is -1.82. The van der Waals surface area contributed by atoms with Gasteiger partial charge in [-0.15, -0.1) is 0 Å². The van der Waals surface area contributed by atoms with Gasteiger partial charge >= 0.3 is 0 Å². The molecule has 6 nitrogen and oxygen atoms in total. The van der Waals surface area contributed by atoms with Crippen molar-refractivity contribution in [2.45, 2.75) is 19.9 Å². The van der Waals surface area contributed by atoms with Gasteiger partial charge in [-0.25, -0.2) is 0 Å². The number of nitrogens with zero attached hydrogens (tertiary/aromatic N) is 1. The maximum absolute atomic E-state index is 12.7. The third-order valence-corrected chi connectivity index (χ3v) is 4.49. The lowest BCUT2D eigenvalue weighted by molar-refractivity contribution is -0.117. The number of benzene rings is 2. The van der Waals surface area contributed by atoms with Crippen LogP contribution in [0.4, 0.5) is 11.4 Å². The quantitative estimate of drug-likeness (QED) is 0.839. The van der Waals surface area contributed by atoms with E-state index in [2.05, 4.69) is 5.32 Å². The van der Waals surface area contributed by atoms with Gasteiger partial charge in [-0.3, -0.25) is 19.3 Å². The molecule has 0 radical (unpaired) electrons. The maximum Gasteiger partial charge on any atom is 0.294 e. The Morgan fingerprint density at radius 1 is 1.04 bits per heavy atom. The average Bonchev–Trinajstić information content (AvgIpc) is 2.87. The highest BCUT2D eigenvalue weighted by Gasteiger charge is 2.43. The number of Topliss-reactive ketones (excluding diaryl/α,β-unsaturated/α-hetero) is 1. The number of anilines is 2. The molecule has 2 amide bonds. The van der Waals surface area contributed by atoms with Crippen LogP contribution in [0.15, 0.2) is 59.9 Å². The molecule has 1 aliphatic heterocycles. The fraction of sp³-hybridized carbons (Fsp3) is 0.150. The van der Waals surface area contributed by atoms with E-state index in [0.29, 0.717) is 22.0 Å². The smallest absolute Gasteiger partial charge is 0.294 e. The number of hydrogen-bond donors (Lipinski definition) is 2. The van der Waals surface area contributed by atoms with Gasteiger partial charge in [-0.1, -0.05) is 23.7 Å². The van der Waals surface area contributed by atoms with Crippen molar-refractivity contribution in [1.82, 2.24) is 0 Å². The molecule has 2 aromatic rings. The first-order chi connectivity index (χ1) is 12.8. The van der Waals surface area contributed by atoms with Gasteiger partial charge in [-0.05, 0) is 48.9 Å². The minimum atomic E-state index is -0.765. The van der Waals surface area contributed by atoms with Crippen LogP contribution in [0.2, 0.25) is 5.02 Å². The molecule has 3 rings (SSSR count). The minimum absolute atomic E-state index is 0.0354. The number of aliphatic hydroxyl groups excluding tert-OH is 1. The normalized spacial score (nSPS) is 16.6. The highest BCUT2D eigenvalue weighted by Crippen LogP contribution is 2.41. The molecule has 2 aromatic carbocycles. The summed E-state index contributed by atoms with van der Waals surface area (Å²) >= 11 is 5.94. The van der Waals surface area contributed by atoms with Crippen LogP contribution in [0.5, 0.6) is 0 Å². The summed E-state index contributed by atoms with van der Waals surface area (Å²) < 4.78 is 0. The van der Waals surface area contributed by atoms with Crippen molar-refractivity contribution in [3.63, 3.8) is 0 Å². The van der Waals surface area contributed by atoms with E-state index in [1.165, 1.54) is 18.7 Å². The summed E-state index contributed by atoms with van der Waals surface area (Å²) in [6.07, 6.45) is 0. The highest BCUT2D eigenvalue weighted by atomic mass is 35.5. The Kier molecular flexibility index (Phi) is 5.01. The standard InChI is InChI=1S/C20H17ClN2O4/c1-11(24)17-18(13-3-5-14(21)6-4-13)23(20(27)19(17)26)16-9-7-15(8-10-16)22-12(2)25/h3-10,18,26H,1-2H3,(H,22,25). The number of amides is 2. The number of ketones is 1. The van der Waals surface area contributed by atoms with E-state index in [0.717, 1.165) is 0 Å². The lowest BCUT2D eigenvalue weighted by Crippen LogP contribution is -2.30. The fourth-order valence-electron chi connectivity index (χ4n) is 3.10. The molecule has 0 spiro atoms. The Bertz CT molecular complexity index is 949. The molecule has 0 bridgehead atoms. The van der Waals surface area contributed by atoms with E-state index < -0.39 is 23.5 Å². The van der Waals surface area contributed by atoms with Crippen molar-refractivity contribution < 1.29 is 19.5 Å². The largest absolute Gasteiger partial charge is 0.503 e. The summed E-state index contributed by atoms with van der Waals surface area (Å²) in [4.78, 5) is 37.4. The summed E-state index contributed by atoms with van der Waals surface area (Å²) in [6, 6.07) is 12.5. The summed E-state index contributed by atoms with van der Waals surface area (Å²) in [6.45, 7) is 2.71. The molecular weight excluding hydrogens is 368 g/mol. The highest BCUT2D eigenvalue weighted by molar-refractivity contribution is 6.30. The first-order valence-electron chi connectivity index (χ1n) is 8.20. The SMILES string of the molecule is CC(=O)Nc1ccc(N2C(=O)C(O)=C(C(C)=O)C2c2ccc(Cl)cc2)cc1. The van der Waals surface area contributed by atoms with E-state index in [9.17, 15) is 19.5 Å². The number of halogens is 1. The van der Waals surface area contributed by atoms with Crippen molar-refractivity contribution in [1.29, 1.82) is 0 Å². The molecule has 0 aromatic heterocycles. The number of aliphatic hydroxyl groups is 1. The summed E-state index contributed by atoms with van der Waals surface area (Å²) in [5, 5.41) is 13.5. The molecule has 0 saturated carbocycles. The van der Waals surface area contributed by atoms with Crippen LogP contribution in [0.25, 0.3) is 0 Å². The number of nitrogens with one attached hydrogen (secondary N) is 1. The second kappa shape index (κ2) is 7.25. The lowest BCUT2D eigenvalue weighted by Gasteiger charge is -2.27. The van der Waals surface area contributed by atoms with Crippen molar-refractivity contribution in [3.05, 3.63) is 70.4 Å². The molecule has 138 valence electrons. The summed E-state index contributed by atoms with van der Waals surface area (Å²) in [5.41, 5.74) is 1.74. The topological polar surface area (TPSA) is 86.7 Å². The number of carbonyl (C=O) groups is 3. The zero-order chi connectivity index (χ0) is 19.7. The fourth-order valence-corrected chi connectivity index (χ4v) is 3.23. The third-order valence-electron chi connectivity index (χ3n) is 4.24. The lowest BCUT2D eigenvalue weighted by atomic mass is 9.96. The minimum Gasteiger partial charge on any atom is -0.503 e. The predicted octanol–water partition coefficient (Wildman–Crippen LogP) is 3.79. The molecular formula is C20H17ClN2O4. The molecule has 1 aliphatic rings. The Morgan fingerprint density at radius 3 is 2.15 bits per heavy atom. The number of carbonyl (C=O) groups excluding carboxylic acids is 3. The van der Waals surface area contributed by atoms with Crippen LogP contribution >= 0.6 is 11.6 Å². The Hall–Kier alpha value is -3.12. The van der Waals surface area contributed by atoms with E-state index in [4.69, 9.17) is 11.6 Å². The van der Waals surface area contributed by atoms with Crippen LogP contribution in [-0.2, 0) is 14.4 Å². The van der Waals surface area contributed by atoms with Crippen LogP contribution in [0.1, 0.15) is 25.5 Å². The first kappa shape index (κ1) is 18.7. The van der Waals surface area contributed by atoms with E-state index in [-0.39, 0.29) is 11.5 Å². The van der Waals surface area contributed by atoms with Crippen LogP contribution in [0.3, 0.4) is 0 Å². The average molecular weight is 385 g/mol. The van der Waals surface area contributed by atoms with Gasteiger partial charge in [0.1, 0.15) is 0 Å². The van der Waals surface area contributed by atoms with E-state index in [1.54, 1.807) is 48.5 Å². The molecule has 0 aliphatic carbocycles. The Balaban J connectivity index is 2.07. The molecule has 0 fully saturated rings. The number of rotatable bonds is 4. The molecule has 1 atom stereocenters. The van der Waals surface area contributed by atoms with E-state index >= 15 is 0 Å². The molecule has 0 saturated heterocycles. The van der Waals surface area contributed by atoms with Crippen molar-refractivity contribution in [3.8, 4) is 0 Å². The van der Waals surface area contributed by atoms with Gasteiger partial charge in [-0.2, -0.15) is 0 Å². The zero-order valence-corrected chi connectivity index (χ0v) is 15.4. The predicted molar refractivity (Wildman–Crippen MR) is 103 cm³/mol. The third kappa shape index (κ3) is 3.57. The van der Waals surface area contributed by atoms with Gasteiger partial charge < -0.3 is 10.4 Å². The first-order valence-corrected chi connectivity index (χ1v) is 8.58. The zero-order valence-electron chi connectivity index (χ0n) is 14.7. The van der Waals surface area contributed by atoms with Crippen LogP contribution < -0.4 is 10.2 Å². The van der Waals surface area contributed by atoms with Crippen LogP contribution in [-0.4, -0.2) is 22.7 Å². The number of hydrogen-bond acceptors (Lipinski definition) is 4. The molecule has 7 heteroatoms. The van der Waals surface area contributed by atoms with Crippen LogP contribution in [0, 0.1) is 0 Å². The second-order valence-electron chi connectivity index (χ2n) is 6.18. The van der Waals surface area contributed by atoms with Gasteiger partial charge in [0.25, 0.3) is 5.91 Å². The molecule has 1 heterocycles. The molecule has 1 unspecified atom stereocenters. The maximum atomic E-state index is 12.7. The molecule has 2 N–H and O–H groups in total.